The Bertz CT molecular complexity index is 1390. The van der Waals surface area contributed by atoms with E-state index in [1.807, 2.05) is 19.2 Å². The Morgan fingerprint density at radius 1 is 0.976 bits per heavy atom. The van der Waals surface area contributed by atoms with E-state index >= 15 is 0 Å². The van der Waals surface area contributed by atoms with Crippen LogP contribution in [0, 0.1) is 11.8 Å². The van der Waals surface area contributed by atoms with Crippen LogP contribution >= 0.6 is 0 Å². The predicted octanol–water partition coefficient (Wildman–Crippen LogP) is 7.75. The summed E-state index contributed by atoms with van der Waals surface area (Å²) in [5.74, 6) is 1.94. The van der Waals surface area contributed by atoms with Crippen molar-refractivity contribution in [3.8, 4) is 22.8 Å². The Morgan fingerprint density at radius 2 is 1.74 bits per heavy atom. The molecule has 2 aromatic carbocycles. The number of ether oxygens (including phenoxy) is 3. The number of hydrogen-bond acceptors (Lipinski definition) is 6. The van der Waals surface area contributed by atoms with Gasteiger partial charge in [0.25, 0.3) is 0 Å². The topological polar surface area (TPSA) is 60.9 Å². The minimum absolute atomic E-state index is 0.0310. The highest BCUT2D eigenvalue weighted by Gasteiger charge is 2.39. The molecule has 0 unspecified atom stereocenters. The molecular formula is C36H46N2O4. The van der Waals surface area contributed by atoms with E-state index in [1.165, 1.54) is 34.9 Å². The normalized spacial score (nSPS) is 18.0. The van der Waals surface area contributed by atoms with Crippen LogP contribution in [0.3, 0.4) is 0 Å². The lowest BCUT2D eigenvalue weighted by molar-refractivity contribution is -0.145. The second kappa shape index (κ2) is 12.9. The molecule has 2 aliphatic rings. The Kier molecular flexibility index (Phi) is 9.22. The number of hydrogen-bond donors (Lipinski definition) is 0. The zero-order valence-electron chi connectivity index (χ0n) is 26.2. The number of methoxy groups -OCH3 is 2. The molecule has 1 fully saturated rings. The molecule has 224 valence electrons. The second-order valence-electron chi connectivity index (χ2n) is 12.6. The molecule has 1 aliphatic carbocycles. The zero-order chi connectivity index (χ0) is 30.0. The van der Waals surface area contributed by atoms with Gasteiger partial charge >= 0.3 is 5.97 Å². The van der Waals surface area contributed by atoms with Crippen molar-refractivity contribution in [1.29, 1.82) is 0 Å². The fourth-order valence-corrected chi connectivity index (χ4v) is 6.66. The number of esters is 1. The molecule has 1 aromatic heterocycles. The van der Waals surface area contributed by atoms with E-state index < -0.39 is 0 Å². The van der Waals surface area contributed by atoms with Gasteiger partial charge in [-0.05, 0) is 111 Å². The average Bonchev–Trinajstić information content (AvgIpc) is 3.84. The Morgan fingerprint density at radius 3 is 2.40 bits per heavy atom. The molecule has 6 nitrogen and oxygen atoms in total. The van der Waals surface area contributed by atoms with Gasteiger partial charge in [-0.25, -0.2) is 4.98 Å². The van der Waals surface area contributed by atoms with Gasteiger partial charge in [0.1, 0.15) is 11.9 Å². The van der Waals surface area contributed by atoms with E-state index in [1.54, 1.807) is 7.11 Å². The van der Waals surface area contributed by atoms with Crippen LogP contribution in [-0.2, 0) is 22.5 Å². The summed E-state index contributed by atoms with van der Waals surface area (Å²) in [5.41, 5.74) is 7.17. The van der Waals surface area contributed by atoms with E-state index in [0.717, 1.165) is 43.5 Å². The molecule has 2 heterocycles. The number of aryl methyl sites for hydroxylation is 1. The number of aromatic nitrogens is 1. The van der Waals surface area contributed by atoms with Gasteiger partial charge < -0.3 is 14.2 Å². The van der Waals surface area contributed by atoms with Crippen molar-refractivity contribution in [1.82, 2.24) is 9.88 Å². The zero-order valence-corrected chi connectivity index (χ0v) is 26.2. The van der Waals surface area contributed by atoms with Gasteiger partial charge in [0.2, 0.25) is 5.88 Å². The van der Waals surface area contributed by atoms with Crippen LogP contribution in [0.5, 0.6) is 11.6 Å². The maximum absolute atomic E-state index is 12.5. The summed E-state index contributed by atoms with van der Waals surface area (Å²) in [5, 5.41) is 0. The summed E-state index contributed by atoms with van der Waals surface area (Å²) < 4.78 is 17.3. The summed E-state index contributed by atoms with van der Waals surface area (Å²) >= 11 is 0. The van der Waals surface area contributed by atoms with E-state index in [9.17, 15) is 4.79 Å². The molecule has 1 aliphatic heterocycles. The van der Waals surface area contributed by atoms with E-state index in [4.69, 9.17) is 14.2 Å². The lowest BCUT2D eigenvalue weighted by Crippen LogP contribution is -2.36. The van der Waals surface area contributed by atoms with Crippen LogP contribution in [0.2, 0.25) is 0 Å². The minimum atomic E-state index is -0.174. The molecule has 42 heavy (non-hydrogen) atoms. The molecule has 0 radical (unpaired) electrons. The van der Waals surface area contributed by atoms with Crippen molar-refractivity contribution in [2.75, 3.05) is 14.2 Å². The summed E-state index contributed by atoms with van der Waals surface area (Å²) in [6, 6.07) is 18.3. The number of benzene rings is 2. The van der Waals surface area contributed by atoms with E-state index in [2.05, 4.69) is 80.0 Å². The van der Waals surface area contributed by atoms with E-state index in [-0.39, 0.29) is 23.9 Å². The summed E-state index contributed by atoms with van der Waals surface area (Å²) in [7, 11) is 3.14. The van der Waals surface area contributed by atoms with Crippen molar-refractivity contribution in [3.63, 3.8) is 0 Å². The van der Waals surface area contributed by atoms with Crippen molar-refractivity contribution < 1.29 is 19.0 Å². The number of carbonyl (C=O) groups excluding carboxylic acids is 1. The number of rotatable bonds is 11. The first kappa shape index (κ1) is 30.1. The van der Waals surface area contributed by atoms with Crippen molar-refractivity contribution >= 4 is 5.97 Å². The van der Waals surface area contributed by atoms with Gasteiger partial charge in [0.15, 0.2) is 0 Å². The molecule has 6 heteroatoms. The van der Waals surface area contributed by atoms with Gasteiger partial charge in [-0.2, -0.15) is 0 Å². The largest absolute Gasteiger partial charge is 0.485 e. The van der Waals surface area contributed by atoms with Crippen molar-refractivity contribution in [3.05, 3.63) is 77.0 Å². The molecule has 0 amide bonds. The Balaban J connectivity index is 1.47. The molecule has 5 rings (SSSR count). The van der Waals surface area contributed by atoms with Crippen LogP contribution in [0.25, 0.3) is 11.1 Å². The van der Waals surface area contributed by atoms with Crippen LogP contribution in [-0.4, -0.2) is 42.2 Å². The summed E-state index contributed by atoms with van der Waals surface area (Å²) in [4.78, 5) is 19.3. The highest BCUT2D eigenvalue weighted by atomic mass is 16.5. The second-order valence-corrected chi connectivity index (χ2v) is 12.6. The third kappa shape index (κ3) is 6.49. The lowest BCUT2D eigenvalue weighted by Gasteiger charge is -2.32. The van der Waals surface area contributed by atoms with Crippen LogP contribution in [0.1, 0.15) is 88.2 Å². The van der Waals surface area contributed by atoms with Gasteiger partial charge in [-0.1, -0.05) is 37.3 Å². The van der Waals surface area contributed by atoms with E-state index in [0.29, 0.717) is 23.9 Å². The van der Waals surface area contributed by atoms with Crippen molar-refractivity contribution in [2.45, 2.75) is 91.0 Å². The van der Waals surface area contributed by atoms with Gasteiger partial charge in [-0.3, -0.25) is 9.69 Å². The van der Waals surface area contributed by atoms with Gasteiger partial charge in [0.05, 0.1) is 20.1 Å². The molecule has 3 atom stereocenters. The lowest BCUT2D eigenvalue weighted by atomic mass is 9.82. The molecule has 0 spiro atoms. The Labute approximate surface area is 251 Å². The van der Waals surface area contributed by atoms with Crippen LogP contribution < -0.4 is 9.47 Å². The first-order chi connectivity index (χ1) is 20.2. The number of carbonyl (C=O) groups is 1. The smallest absolute Gasteiger partial charge is 0.309 e. The first-order valence-corrected chi connectivity index (χ1v) is 15.5. The monoisotopic (exact) mass is 570 g/mol. The highest BCUT2D eigenvalue weighted by molar-refractivity contribution is 5.73. The fraction of sp³-hybridized carbons (Fsp3) is 0.500. The quantitative estimate of drug-likeness (QED) is 0.220. The molecule has 0 bridgehead atoms. The number of pyridine rings is 1. The molecule has 3 aromatic rings. The third-order valence-electron chi connectivity index (χ3n) is 9.10. The molecule has 0 saturated heterocycles. The summed E-state index contributed by atoms with van der Waals surface area (Å²) in [6.07, 6.45) is 5.99. The third-order valence-corrected chi connectivity index (χ3v) is 9.10. The highest BCUT2D eigenvalue weighted by Crippen LogP contribution is 2.48. The first-order valence-electron chi connectivity index (χ1n) is 15.5. The maximum Gasteiger partial charge on any atom is 0.309 e. The molecule has 1 saturated carbocycles. The summed E-state index contributed by atoms with van der Waals surface area (Å²) in [6.45, 7) is 11.9. The predicted molar refractivity (Wildman–Crippen MR) is 167 cm³/mol. The van der Waals surface area contributed by atoms with Crippen LogP contribution in [0.15, 0.2) is 54.7 Å². The number of fused-ring (bicyclic) bond motifs is 1. The minimum Gasteiger partial charge on any atom is -0.485 e. The maximum atomic E-state index is 12.5. The SMILES string of the molecule is COC(=O)[C@@H](C)[C@H](c1ccc2c(c1)O[C@H](c1ccc(-c3ccnc(OC)c3)c(CN(C(C)C)C(C)C)c1)CC2)C1CC1. The molecule has 0 N–H and O–H groups in total. The standard InChI is InChI=1S/C36H46N2O4/c1-22(2)38(23(3)4)21-30-18-28(12-14-31(30)27-16-17-37-34(20-27)40-6)32-15-13-25-8-11-29(19-33(25)42-32)35(26-9-10-26)24(5)36(39)41-7/h8,11-12,14,16-20,22-24,26,32,35H,9-10,13,15,21H2,1-7H3/t24-,32-,35-/m0/s1. The fourth-order valence-electron chi connectivity index (χ4n) is 6.66. The van der Waals surface area contributed by atoms with Gasteiger partial charge in [-0.15, -0.1) is 0 Å². The number of nitrogens with zero attached hydrogens (tertiary/aromatic N) is 2. The van der Waals surface area contributed by atoms with Crippen molar-refractivity contribution in [2.24, 2.45) is 11.8 Å². The average molecular weight is 571 g/mol. The Hall–Kier alpha value is -3.38. The van der Waals surface area contributed by atoms with Crippen LogP contribution in [0.4, 0.5) is 0 Å². The van der Waals surface area contributed by atoms with Gasteiger partial charge in [0, 0.05) is 30.9 Å². The molecular weight excluding hydrogens is 524 g/mol.